The summed E-state index contributed by atoms with van der Waals surface area (Å²) < 4.78 is 11.1. The van der Waals surface area contributed by atoms with Gasteiger partial charge in [0.15, 0.2) is 11.5 Å². The molecule has 2 rings (SSSR count). The van der Waals surface area contributed by atoms with Crippen LogP contribution >= 0.6 is 0 Å². The van der Waals surface area contributed by atoms with Crippen LogP contribution in [0.4, 0.5) is 16.2 Å². The van der Waals surface area contributed by atoms with Crippen molar-refractivity contribution in [2.45, 2.75) is 0 Å². The number of anilines is 2. The number of hydrazine groups is 1. The number of hydrogen-bond acceptors (Lipinski definition) is 5. The lowest BCUT2D eigenvalue weighted by molar-refractivity contribution is 0.224. The van der Waals surface area contributed by atoms with Gasteiger partial charge in [0.05, 0.1) is 7.11 Å². The molecule has 0 aromatic heterocycles. The number of rotatable bonds is 5. The van der Waals surface area contributed by atoms with E-state index in [4.69, 9.17) is 15.2 Å². The highest BCUT2D eigenvalue weighted by molar-refractivity contribution is 5.89. The molecule has 7 heteroatoms. The van der Waals surface area contributed by atoms with Crippen LogP contribution in [0.5, 0.6) is 17.2 Å². The van der Waals surface area contributed by atoms with Gasteiger partial charge in [-0.25, -0.2) is 9.80 Å². The Hall–Kier alpha value is -2.93. The van der Waals surface area contributed by atoms with Crippen molar-refractivity contribution in [1.82, 2.24) is 10.4 Å². The van der Waals surface area contributed by atoms with Gasteiger partial charge >= 0.3 is 6.03 Å². The lowest BCUT2D eigenvalue weighted by atomic mass is 10.2. The maximum atomic E-state index is 11.7. The van der Waals surface area contributed by atoms with E-state index in [0.29, 0.717) is 28.6 Å². The standard InChI is InChI=1S/C16H20N4O3/c1-20(2)19-16(21)18-12-6-9-14(15(10-12)22-3)23-13-7-4-11(17)5-8-13/h4-10H,17H2,1-3H3,(H2,18,19,21). The first-order chi connectivity index (χ1) is 11.0. The first-order valence-electron chi connectivity index (χ1n) is 6.94. The molecule has 0 fully saturated rings. The third-order valence-electron chi connectivity index (χ3n) is 2.85. The second kappa shape index (κ2) is 7.37. The van der Waals surface area contributed by atoms with Crippen LogP contribution in [0.1, 0.15) is 0 Å². The maximum absolute atomic E-state index is 11.7. The zero-order valence-electron chi connectivity index (χ0n) is 13.3. The summed E-state index contributed by atoms with van der Waals surface area (Å²) in [7, 11) is 4.99. The second-order valence-electron chi connectivity index (χ2n) is 5.00. The normalized spacial score (nSPS) is 10.3. The molecule has 23 heavy (non-hydrogen) atoms. The molecule has 2 amide bonds. The van der Waals surface area contributed by atoms with Gasteiger partial charge < -0.3 is 20.5 Å². The van der Waals surface area contributed by atoms with Crippen LogP contribution in [0.15, 0.2) is 42.5 Å². The largest absolute Gasteiger partial charge is 0.493 e. The van der Waals surface area contributed by atoms with Crippen molar-refractivity contribution in [3.8, 4) is 17.2 Å². The second-order valence-corrected chi connectivity index (χ2v) is 5.00. The summed E-state index contributed by atoms with van der Waals surface area (Å²) in [6.45, 7) is 0. The van der Waals surface area contributed by atoms with Gasteiger partial charge in [0.2, 0.25) is 0 Å². The Bertz CT molecular complexity index is 672. The van der Waals surface area contributed by atoms with Gasteiger partial charge in [-0.3, -0.25) is 5.43 Å². The first-order valence-corrected chi connectivity index (χ1v) is 6.94. The number of benzene rings is 2. The molecule has 0 saturated carbocycles. The number of carbonyl (C=O) groups is 1. The quantitative estimate of drug-likeness (QED) is 0.583. The van der Waals surface area contributed by atoms with Crippen LogP contribution in [0.3, 0.4) is 0 Å². The molecule has 0 bridgehead atoms. The number of nitrogens with two attached hydrogens (primary N) is 1. The predicted octanol–water partition coefficient (Wildman–Crippen LogP) is 2.67. The Kier molecular flexibility index (Phi) is 5.27. The smallest absolute Gasteiger partial charge is 0.333 e. The molecule has 0 atom stereocenters. The minimum Gasteiger partial charge on any atom is -0.493 e. The monoisotopic (exact) mass is 316 g/mol. The van der Waals surface area contributed by atoms with E-state index in [1.54, 1.807) is 61.6 Å². The molecule has 2 aromatic rings. The Morgan fingerprint density at radius 3 is 2.39 bits per heavy atom. The molecule has 0 aliphatic carbocycles. The molecular formula is C16H20N4O3. The number of amides is 2. The van der Waals surface area contributed by atoms with Gasteiger partial charge in [-0.1, -0.05) is 0 Å². The number of nitrogen functional groups attached to an aromatic ring is 1. The first kappa shape index (κ1) is 16.4. The Morgan fingerprint density at radius 2 is 1.78 bits per heavy atom. The van der Waals surface area contributed by atoms with E-state index in [2.05, 4.69) is 10.7 Å². The van der Waals surface area contributed by atoms with Gasteiger partial charge in [0, 0.05) is 31.5 Å². The molecule has 0 spiro atoms. The number of ether oxygens (including phenoxy) is 2. The fourth-order valence-electron chi connectivity index (χ4n) is 1.85. The zero-order valence-corrected chi connectivity index (χ0v) is 13.3. The fourth-order valence-corrected chi connectivity index (χ4v) is 1.85. The van der Waals surface area contributed by atoms with Gasteiger partial charge in [-0.2, -0.15) is 0 Å². The predicted molar refractivity (Wildman–Crippen MR) is 89.8 cm³/mol. The van der Waals surface area contributed by atoms with Crippen molar-refractivity contribution in [2.75, 3.05) is 32.3 Å². The average Bonchev–Trinajstić information content (AvgIpc) is 2.50. The Labute approximate surface area is 135 Å². The highest BCUT2D eigenvalue weighted by atomic mass is 16.5. The van der Waals surface area contributed by atoms with Crippen LogP contribution in [0.25, 0.3) is 0 Å². The minimum atomic E-state index is -0.343. The molecule has 122 valence electrons. The molecule has 0 radical (unpaired) electrons. The van der Waals surface area contributed by atoms with E-state index in [9.17, 15) is 4.79 Å². The van der Waals surface area contributed by atoms with Crippen molar-refractivity contribution in [3.05, 3.63) is 42.5 Å². The van der Waals surface area contributed by atoms with E-state index in [1.807, 2.05) is 0 Å². The molecular weight excluding hydrogens is 296 g/mol. The van der Waals surface area contributed by atoms with Crippen molar-refractivity contribution >= 4 is 17.4 Å². The van der Waals surface area contributed by atoms with E-state index >= 15 is 0 Å². The lowest BCUT2D eigenvalue weighted by Gasteiger charge is -2.15. The summed E-state index contributed by atoms with van der Waals surface area (Å²) in [5.41, 5.74) is 9.49. The van der Waals surface area contributed by atoms with Crippen molar-refractivity contribution < 1.29 is 14.3 Å². The topological polar surface area (TPSA) is 88.8 Å². The van der Waals surface area contributed by atoms with Gasteiger partial charge in [-0.15, -0.1) is 0 Å². The fraction of sp³-hybridized carbons (Fsp3) is 0.188. The minimum absolute atomic E-state index is 0.343. The van der Waals surface area contributed by atoms with E-state index < -0.39 is 0 Å². The van der Waals surface area contributed by atoms with Crippen molar-refractivity contribution in [3.63, 3.8) is 0 Å². The van der Waals surface area contributed by atoms with Crippen LogP contribution in [-0.2, 0) is 0 Å². The van der Waals surface area contributed by atoms with E-state index in [1.165, 1.54) is 7.11 Å². The summed E-state index contributed by atoms with van der Waals surface area (Å²) >= 11 is 0. The molecule has 0 aliphatic rings. The third-order valence-corrected chi connectivity index (χ3v) is 2.85. The molecule has 7 nitrogen and oxygen atoms in total. The van der Waals surface area contributed by atoms with Crippen LogP contribution in [0, 0.1) is 0 Å². The SMILES string of the molecule is COc1cc(NC(=O)NN(C)C)ccc1Oc1ccc(N)cc1. The summed E-state index contributed by atoms with van der Waals surface area (Å²) in [6, 6.07) is 11.8. The van der Waals surface area contributed by atoms with Crippen LogP contribution < -0.4 is 25.9 Å². The molecule has 4 N–H and O–H groups in total. The Balaban J connectivity index is 2.12. The molecule has 0 saturated heterocycles. The number of methoxy groups -OCH3 is 1. The molecule has 0 aliphatic heterocycles. The van der Waals surface area contributed by atoms with Gasteiger partial charge in [0.1, 0.15) is 5.75 Å². The lowest BCUT2D eigenvalue weighted by Crippen LogP contribution is -2.39. The highest BCUT2D eigenvalue weighted by Gasteiger charge is 2.09. The van der Waals surface area contributed by atoms with Gasteiger partial charge in [0.25, 0.3) is 0 Å². The van der Waals surface area contributed by atoms with E-state index in [0.717, 1.165) is 0 Å². The number of urea groups is 1. The number of hydrogen-bond donors (Lipinski definition) is 3. The molecule has 0 unspecified atom stereocenters. The summed E-state index contributed by atoms with van der Waals surface area (Å²) in [5.74, 6) is 1.68. The molecule has 2 aromatic carbocycles. The summed E-state index contributed by atoms with van der Waals surface area (Å²) in [6.07, 6.45) is 0. The van der Waals surface area contributed by atoms with Crippen molar-refractivity contribution in [2.24, 2.45) is 0 Å². The average molecular weight is 316 g/mol. The molecule has 0 heterocycles. The zero-order chi connectivity index (χ0) is 16.8. The highest BCUT2D eigenvalue weighted by Crippen LogP contribution is 2.34. The maximum Gasteiger partial charge on any atom is 0.333 e. The number of carbonyl (C=O) groups excluding carboxylic acids is 1. The number of nitrogens with one attached hydrogen (secondary N) is 2. The van der Waals surface area contributed by atoms with Crippen LogP contribution in [-0.4, -0.2) is 32.2 Å². The van der Waals surface area contributed by atoms with Crippen LogP contribution in [0.2, 0.25) is 0 Å². The summed E-state index contributed by atoms with van der Waals surface area (Å²) in [4.78, 5) is 11.7. The Morgan fingerprint density at radius 1 is 1.09 bits per heavy atom. The van der Waals surface area contributed by atoms with Crippen molar-refractivity contribution in [1.29, 1.82) is 0 Å². The summed E-state index contributed by atoms with van der Waals surface area (Å²) in [5, 5.41) is 4.25. The number of nitrogens with zero attached hydrogens (tertiary/aromatic N) is 1. The third kappa shape index (κ3) is 4.79. The van der Waals surface area contributed by atoms with E-state index in [-0.39, 0.29) is 6.03 Å². The van der Waals surface area contributed by atoms with Gasteiger partial charge in [-0.05, 0) is 36.4 Å².